The van der Waals surface area contributed by atoms with Gasteiger partial charge in [-0.05, 0) is 52.7 Å². The Hall–Kier alpha value is -3.87. The van der Waals surface area contributed by atoms with Crippen LogP contribution in [0.15, 0.2) is 66.7 Å². The number of fused-ring (bicyclic) bond motifs is 1. The predicted octanol–water partition coefficient (Wildman–Crippen LogP) is 4.00. The van der Waals surface area contributed by atoms with Crippen molar-refractivity contribution < 1.29 is 14.5 Å². The van der Waals surface area contributed by atoms with E-state index in [1.165, 1.54) is 18.2 Å². The van der Waals surface area contributed by atoms with Gasteiger partial charge in [-0.3, -0.25) is 14.9 Å². The molecule has 0 heterocycles. The van der Waals surface area contributed by atoms with Crippen LogP contribution in [-0.4, -0.2) is 31.0 Å². The number of nitro groups is 1. The first-order valence-corrected chi connectivity index (χ1v) is 9.07. The van der Waals surface area contributed by atoms with E-state index in [0.29, 0.717) is 13.1 Å². The van der Waals surface area contributed by atoms with Crippen molar-refractivity contribution in [2.24, 2.45) is 0 Å². The number of carbonyl (C=O) groups excluding carboxylic acids is 1. The summed E-state index contributed by atoms with van der Waals surface area (Å²) in [5.41, 5.74) is 1.73. The monoisotopic (exact) mass is 391 g/mol. The molecule has 3 aromatic carbocycles. The maximum absolute atomic E-state index is 12.0. The van der Waals surface area contributed by atoms with E-state index in [4.69, 9.17) is 4.74 Å². The summed E-state index contributed by atoms with van der Waals surface area (Å²) in [7, 11) is 1.64. The van der Waals surface area contributed by atoms with Crippen molar-refractivity contribution in [2.75, 3.05) is 25.5 Å². The van der Waals surface area contributed by atoms with Crippen LogP contribution in [0.5, 0.6) is 5.75 Å². The van der Waals surface area contributed by atoms with Gasteiger partial charge in [0.25, 0.3) is 5.69 Å². The van der Waals surface area contributed by atoms with Gasteiger partial charge in [0.1, 0.15) is 5.75 Å². The molecule has 0 aliphatic rings. The smallest absolute Gasteiger partial charge is 0.269 e. The molecule has 2 N–H and O–H groups in total. The summed E-state index contributed by atoms with van der Waals surface area (Å²) in [5.74, 6) is 0.618. The number of benzene rings is 3. The summed E-state index contributed by atoms with van der Waals surface area (Å²) in [5, 5.41) is 18.7. The maximum Gasteiger partial charge on any atom is 0.269 e. The number of hydrogen-bond donors (Lipinski definition) is 2. The lowest BCUT2D eigenvalue weighted by Gasteiger charge is -2.06. The first-order chi connectivity index (χ1) is 14.0. The minimum absolute atomic E-state index is 0.0433. The van der Waals surface area contributed by atoms with Gasteiger partial charge in [0, 0.05) is 37.0 Å². The molecule has 0 aromatic heterocycles. The zero-order valence-electron chi connectivity index (χ0n) is 15.9. The van der Waals surface area contributed by atoms with Crippen LogP contribution in [0.4, 0.5) is 11.4 Å². The first-order valence-electron chi connectivity index (χ1n) is 9.07. The highest BCUT2D eigenvalue weighted by atomic mass is 16.6. The number of anilines is 1. The third kappa shape index (κ3) is 5.55. The lowest BCUT2D eigenvalue weighted by atomic mass is 10.1. The zero-order valence-corrected chi connectivity index (χ0v) is 15.9. The van der Waals surface area contributed by atoms with E-state index in [1.807, 2.05) is 36.4 Å². The normalized spacial score (nSPS) is 10.8. The number of nitrogens with one attached hydrogen (secondary N) is 2. The second-order valence-electron chi connectivity index (χ2n) is 6.33. The third-order valence-electron chi connectivity index (χ3n) is 4.33. The van der Waals surface area contributed by atoms with Crippen molar-refractivity contribution in [1.29, 1.82) is 0 Å². The molecule has 1 amide bonds. The third-order valence-corrected chi connectivity index (χ3v) is 4.33. The summed E-state index contributed by atoms with van der Waals surface area (Å²) >= 11 is 0. The number of rotatable bonds is 8. The zero-order chi connectivity index (χ0) is 20.6. The highest BCUT2D eigenvalue weighted by Crippen LogP contribution is 2.22. The second-order valence-corrected chi connectivity index (χ2v) is 6.33. The van der Waals surface area contributed by atoms with Gasteiger partial charge in [0.05, 0.1) is 12.0 Å². The molecule has 0 atom stereocenters. The minimum Gasteiger partial charge on any atom is -0.497 e. The van der Waals surface area contributed by atoms with Crippen LogP contribution >= 0.6 is 0 Å². The summed E-state index contributed by atoms with van der Waals surface area (Å²) in [6.45, 7) is 0.937. The molecule has 0 bridgehead atoms. The van der Waals surface area contributed by atoms with Crippen LogP contribution in [0, 0.1) is 10.1 Å². The highest BCUT2D eigenvalue weighted by Gasteiger charge is 2.03. The van der Waals surface area contributed by atoms with E-state index in [1.54, 1.807) is 25.3 Å². The molecule has 0 aliphatic heterocycles. The standard InChI is InChI=1S/C22H21N3O4/c1-29-21-10-5-17-14-16(2-4-18(17)15-21)3-11-22(26)24-13-12-23-19-6-8-20(9-7-19)25(27)28/h2-11,14-15,23H,12-13H2,1H3,(H,24,26)/b11-3+. The number of non-ortho nitro benzene ring substituents is 1. The highest BCUT2D eigenvalue weighted by molar-refractivity contribution is 5.93. The maximum atomic E-state index is 12.0. The number of amides is 1. The van der Waals surface area contributed by atoms with Gasteiger partial charge in [0.15, 0.2) is 0 Å². The van der Waals surface area contributed by atoms with Crippen molar-refractivity contribution in [1.82, 2.24) is 5.32 Å². The molecule has 148 valence electrons. The van der Waals surface area contributed by atoms with E-state index in [0.717, 1.165) is 27.8 Å². The summed E-state index contributed by atoms with van der Waals surface area (Å²) in [6, 6.07) is 17.9. The number of methoxy groups -OCH3 is 1. The molecule has 0 aliphatic carbocycles. The van der Waals surface area contributed by atoms with Crippen LogP contribution < -0.4 is 15.4 Å². The van der Waals surface area contributed by atoms with Gasteiger partial charge in [-0.25, -0.2) is 0 Å². The minimum atomic E-state index is -0.442. The van der Waals surface area contributed by atoms with Crippen molar-refractivity contribution in [3.8, 4) is 5.75 Å². The Morgan fingerprint density at radius 2 is 1.76 bits per heavy atom. The number of carbonyl (C=O) groups is 1. The molecule has 3 rings (SSSR count). The van der Waals surface area contributed by atoms with E-state index >= 15 is 0 Å². The molecule has 0 fully saturated rings. The van der Waals surface area contributed by atoms with Crippen molar-refractivity contribution in [3.05, 3.63) is 82.4 Å². The fourth-order valence-electron chi connectivity index (χ4n) is 2.80. The summed E-state index contributed by atoms with van der Waals surface area (Å²) < 4.78 is 5.22. The molecular weight excluding hydrogens is 370 g/mol. The van der Waals surface area contributed by atoms with Gasteiger partial charge in [-0.15, -0.1) is 0 Å². The average Bonchev–Trinajstić information content (AvgIpc) is 2.75. The van der Waals surface area contributed by atoms with Gasteiger partial charge in [-0.2, -0.15) is 0 Å². The molecule has 7 nitrogen and oxygen atoms in total. The Balaban J connectivity index is 1.47. The number of ether oxygens (including phenoxy) is 1. The Morgan fingerprint density at radius 1 is 1.03 bits per heavy atom. The molecule has 3 aromatic rings. The molecule has 7 heteroatoms. The predicted molar refractivity (Wildman–Crippen MR) is 114 cm³/mol. The van der Waals surface area contributed by atoms with Crippen LogP contribution in [0.3, 0.4) is 0 Å². The number of hydrogen-bond acceptors (Lipinski definition) is 5. The molecular formula is C22H21N3O4. The van der Waals surface area contributed by atoms with Gasteiger partial charge in [0.2, 0.25) is 5.91 Å². The Bertz CT molecular complexity index is 1050. The van der Waals surface area contributed by atoms with Crippen molar-refractivity contribution in [3.63, 3.8) is 0 Å². The molecule has 0 saturated carbocycles. The Morgan fingerprint density at radius 3 is 2.48 bits per heavy atom. The second kappa shape index (κ2) is 9.36. The van der Waals surface area contributed by atoms with Crippen LogP contribution in [0.1, 0.15) is 5.56 Å². The van der Waals surface area contributed by atoms with E-state index < -0.39 is 4.92 Å². The fraction of sp³-hybridized carbons (Fsp3) is 0.136. The van der Waals surface area contributed by atoms with Gasteiger partial charge >= 0.3 is 0 Å². The van der Waals surface area contributed by atoms with Gasteiger partial charge < -0.3 is 15.4 Å². The quantitative estimate of drug-likeness (QED) is 0.262. The Labute approximate surface area is 168 Å². The molecule has 29 heavy (non-hydrogen) atoms. The number of nitro benzene ring substituents is 1. The van der Waals surface area contributed by atoms with E-state index in [-0.39, 0.29) is 11.6 Å². The summed E-state index contributed by atoms with van der Waals surface area (Å²) in [4.78, 5) is 22.2. The topological polar surface area (TPSA) is 93.5 Å². The Kier molecular flexibility index (Phi) is 6.42. The fourth-order valence-corrected chi connectivity index (χ4v) is 2.80. The largest absolute Gasteiger partial charge is 0.497 e. The molecule has 0 unspecified atom stereocenters. The molecule has 0 spiro atoms. The molecule has 0 saturated heterocycles. The molecule has 0 radical (unpaired) electrons. The van der Waals surface area contributed by atoms with Crippen molar-refractivity contribution >= 4 is 34.1 Å². The van der Waals surface area contributed by atoms with E-state index in [2.05, 4.69) is 10.6 Å². The SMILES string of the molecule is COc1ccc2cc(/C=C/C(=O)NCCNc3ccc([N+](=O)[O-])cc3)ccc2c1. The van der Waals surface area contributed by atoms with Crippen LogP contribution in [-0.2, 0) is 4.79 Å². The van der Waals surface area contributed by atoms with Crippen LogP contribution in [0.25, 0.3) is 16.8 Å². The lowest BCUT2D eigenvalue weighted by Crippen LogP contribution is -2.27. The van der Waals surface area contributed by atoms with Crippen molar-refractivity contribution in [2.45, 2.75) is 0 Å². The average molecular weight is 391 g/mol. The summed E-state index contributed by atoms with van der Waals surface area (Å²) in [6.07, 6.45) is 3.26. The number of nitrogens with zero attached hydrogens (tertiary/aromatic N) is 1. The van der Waals surface area contributed by atoms with Crippen LogP contribution in [0.2, 0.25) is 0 Å². The van der Waals surface area contributed by atoms with Gasteiger partial charge in [-0.1, -0.05) is 18.2 Å². The lowest BCUT2D eigenvalue weighted by molar-refractivity contribution is -0.384. The first kappa shape index (κ1) is 19.9. The van der Waals surface area contributed by atoms with E-state index in [9.17, 15) is 14.9 Å².